The highest BCUT2D eigenvalue weighted by molar-refractivity contribution is 5.97. The number of nitrogens with one attached hydrogen (secondary N) is 1. The van der Waals surface area contributed by atoms with E-state index in [1.807, 2.05) is 0 Å². The third-order valence-electron chi connectivity index (χ3n) is 6.16. The average molecular weight is 426 g/mol. The molecule has 0 spiro atoms. The van der Waals surface area contributed by atoms with Crippen LogP contribution in [0, 0.1) is 18.7 Å². The van der Waals surface area contributed by atoms with Gasteiger partial charge in [-0.2, -0.15) is 4.98 Å². The Morgan fingerprint density at radius 3 is 2.87 bits per heavy atom. The first-order valence-electron chi connectivity index (χ1n) is 10.8. The van der Waals surface area contributed by atoms with Crippen molar-refractivity contribution in [3.05, 3.63) is 47.4 Å². The lowest BCUT2D eigenvalue weighted by Gasteiger charge is -2.26. The summed E-state index contributed by atoms with van der Waals surface area (Å²) in [6.45, 7) is 2.02. The number of benzene rings is 1. The number of carbonyl (C=O) groups is 1. The number of aromatic nitrogens is 3. The van der Waals surface area contributed by atoms with Gasteiger partial charge in [-0.05, 0) is 55.4 Å². The van der Waals surface area contributed by atoms with Gasteiger partial charge in [-0.1, -0.05) is 31.4 Å². The van der Waals surface area contributed by atoms with Crippen LogP contribution in [0.4, 0.5) is 10.3 Å². The number of nitrogens with zero attached hydrogens (tertiary/aromatic N) is 3. The van der Waals surface area contributed by atoms with Crippen LogP contribution in [0.3, 0.4) is 0 Å². The summed E-state index contributed by atoms with van der Waals surface area (Å²) in [4.78, 5) is 16.9. The number of halogens is 1. The second kappa shape index (κ2) is 9.01. The Hall–Kier alpha value is -3.00. The molecule has 0 unspecified atom stereocenters. The largest absolute Gasteiger partial charge is 0.393 e. The number of fused-ring (bicyclic) bond motifs is 1. The number of hydrogen-bond acceptors (Lipinski definition) is 5. The second-order valence-corrected chi connectivity index (χ2v) is 8.32. The van der Waals surface area contributed by atoms with Crippen LogP contribution in [-0.4, -0.2) is 38.3 Å². The first-order chi connectivity index (χ1) is 14.9. The molecule has 2 heterocycles. The lowest BCUT2D eigenvalue weighted by atomic mass is 9.84. The van der Waals surface area contributed by atoms with Gasteiger partial charge in [-0.15, -0.1) is 5.10 Å². The molecule has 1 atom stereocenters. The maximum absolute atomic E-state index is 15.4. The highest BCUT2D eigenvalue weighted by Crippen LogP contribution is 2.29. The highest BCUT2D eigenvalue weighted by atomic mass is 19.1. The molecular formula is C23H28FN5O2. The predicted molar refractivity (Wildman–Crippen MR) is 117 cm³/mol. The Bertz CT molecular complexity index is 1090. The number of anilines is 1. The van der Waals surface area contributed by atoms with Crippen LogP contribution in [0.1, 0.15) is 54.4 Å². The predicted octanol–water partition coefficient (Wildman–Crippen LogP) is 3.49. The van der Waals surface area contributed by atoms with E-state index in [1.165, 1.54) is 10.9 Å². The third-order valence-corrected chi connectivity index (χ3v) is 6.16. The summed E-state index contributed by atoms with van der Waals surface area (Å²) in [5.74, 6) is -0.617. The van der Waals surface area contributed by atoms with Crippen LogP contribution in [0.25, 0.3) is 16.8 Å². The van der Waals surface area contributed by atoms with Crippen molar-refractivity contribution in [3.63, 3.8) is 0 Å². The number of rotatable bonds is 6. The van der Waals surface area contributed by atoms with E-state index in [0.717, 1.165) is 25.7 Å². The quantitative estimate of drug-likeness (QED) is 0.561. The van der Waals surface area contributed by atoms with E-state index < -0.39 is 17.8 Å². The molecule has 0 bridgehead atoms. The second-order valence-electron chi connectivity index (χ2n) is 8.32. The van der Waals surface area contributed by atoms with Crippen LogP contribution in [0.5, 0.6) is 0 Å². The zero-order valence-corrected chi connectivity index (χ0v) is 17.6. The fourth-order valence-electron chi connectivity index (χ4n) is 4.42. The molecule has 2 aromatic heterocycles. The van der Waals surface area contributed by atoms with Crippen molar-refractivity contribution in [1.82, 2.24) is 19.9 Å². The van der Waals surface area contributed by atoms with Crippen molar-refractivity contribution in [2.75, 3.05) is 12.3 Å². The van der Waals surface area contributed by atoms with Crippen LogP contribution in [0.15, 0.2) is 30.5 Å². The number of aliphatic hydroxyl groups is 1. The Morgan fingerprint density at radius 2 is 2.10 bits per heavy atom. The molecule has 31 heavy (non-hydrogen) atoms. The smallest absolute Gasteiger partial charge is 0.254 e. The molecule has 1 aromatic carbocycles. The normalized spacial score (nSPS) is 15.8. The molecule has 0 radical (unpaired) electrons. The summed E-state index contributed by atoms with van der Waals surface area (Å²) in [5, 5.41) is 17.2. The van der Waals surface area contributed by atoms with Crippen molar-refractivity contribution in [2.45, 2.75) is 51.6 Å². The molecule has 164 valence electrons. The van der Waals surface area contributed by atoms with Crippen molar-refractivity contribution in [3.8, 4) is 11.1 Å². The zero-order chi connectivity index (χ0) is 22.0. The van der Waals surface area contributed by atoms with E-state index in [0.29, 0.717) is 41.2 Å². The van der Waals surface area contributed by atoms with Crippen molar-refractivity contribution in [1.29, 1.82) is 0 Å². The minimum atomic E-state index is -0.581. The number of pyridine rings is 1. The van der Waals surface area contributed by atoms with E-state index in [2.05, 4.69) is 15.4 Å². The molecule has 1 aliphatic rings. The molecule has 1 saturated carbocycles. The lowest BCUT2D eigenvalue weighted by Crippen LogP contribution is -2.31. The molecule has 0 saturated heterocycles. The monoisotopic (exact) mass is 425 g/mol. The topological polar surface area (TPSA) is 106 Å². The van der Waals surface area contributed by atoms with Gasteiger partial charge in [0.15, 0.2) is 5.65 Å². The number of hydrogen-bond donors (Lipinski definition) is 3. The van der Waals surface area contributed by atoms with E-state index in [9.17, 15) is 9.90 Å². The fourth-order valence-corrected chi connectivity index (χ4v) is 4.42. The number of aryl methyl sites for hydroxylation is 1. The maximum Gasteiger partial charge on any atom is 0.254 e. The Labute approximate surface area is 180 Å². The minimum absolute atomic E-state index is 0.0190. The third kappa shape index (κ3) is 4.54. The molecule has 7 nitrogen and oxygen atoms in total. The van der Waals surface area contributed by atoms with Gasteiger partial charge in [0, 0.05) is 18.3 Å². The summed E-state index contributed by atoms with van der Waals surface area (Å²) in [7, 11) is 0. The highest BCUT2D eigenvalue weighted by Gasteiger charge is 2.23. The van der Waals surface area contributed by atoms with Gasteiger partial charge < -0.3 is 16.2 Å². The minimum Gasteiger partial charge on any atom is -0.393 e. The molecule has 4 rings (SSSR count). The average Bonchev–Trinajstić information content (AvgIpc) is 3.13. The van der Waals surface area contributed by atoms with Crippen LogP contribution in [0.2, 0.25) is 0 Å². The fraction of sp³-hybridized carbons (Fsp3) is 0.435. The number of aliphatic hydroxyl groups excluding tert-OH is 1. The van der Waals surface area contributed by atoms with E-state index in [4.69, 9.17) is 5.73 Å². The standard InChI is InChI=1S/C23H28FN5O2/c1-14-7-8-17(16-10-12-29-19(13-16)27-23(25)28-29)21(24)20(14)22(31)26-11-9-18(30)15-5-3-2-4-6-15/h7-8,10,12-13,15,18,30H,2-6,9,11H2,1H3,(H2,25,28)(H,26,31)/t18-/m0/s1. The van der Waals surface area contributed by atoms with Crippen LogP contribution in [-0.2, 0) is 0 Å². The summed E-state index contributed by atoms with van der Waals surface area (Å²) < 4.78 is 16.9. The number of nitrogens with two attached hydrogens (primary N) is 1. The van der Waals surface area contributed by atoms with Gasteiger partial charge in [-0.25, -0.2) is 8.91 Å². The Balaban J connectivity index is 1.49. The first-order valence-corrected chi connectivity index (χ1v) is 10.8. The van der Waals surface area contributed by atoms with E-state index >= 15 is 4.39 Å². The van der Waals surface area contributed by atoms with Crippen molar-refractivity contribution in [2.24, 2.45) is 5.92 Å². The SMILES string of the molecule is Cc1ccc(-c2ccn3nc(N)nc3c2)c(F)c1C(=O)NCC[C@H](O)C1CCCCC1. The van der Waals surface area contributed by atoms with Crippen LogP contribution < -0.4 is 11.1 Å². The molecular weight excluding hydrogens is 397 g/mol. The van der Waals surface area contributed by atoms with Gasteiger partial charge >= 0.3 is 0 Å². The van der Waals surface area contributed by atoms with Crippen molar-refractivity contribution < 1.29 is 14.3 Å². The molecule has 1 fully saturated rings. The van der Waals surface area contributed by atoms with Gasteiger partial charge in [0.05, 0.1) is 11.7 Å². The maximum atomic E-state index is 15.4. The van der Waals surface area contributed by atoms with Gasteiger partial charge in [0.1, 0.15) is 5.82 Å². The molecule has 1 amide bonds. The molecule has 1 aliphatic carbocycles. The van der Waals surface area contributed by atoms with Gasteiger partial charge in [0.25, 0.3) is 5.91 Å². The van der Waals surface area contributed by atoms with E-state index in [1.54, 1.807) is 37.4 Å². The Kier molecular flexibility index (Phi) is 6.18. The first kappa shape index (κ1) is 21.2. The Morgan fingerprint density at radius 1 is 1.32 bits per heavy atom. The van der Waals surface area contributed by atoms with Crippen molar-refractivity contribution >= 4 is 17.5 Å². The van der Waals surface area contributed by atoms with Gasteiger partial charge in [0.2, 0.25) is 5.95 Å². The zero-order valence-electron chi connectivity index (χ0n) is 17.6. The summed E-state index contributed by atoms with van der Waals surface area (Å²) in [5.41, 5.74) is 7.58. The summed E-state index contributed by atoms with van der Waals surface area (Å²) >= 11 is 0. The molecule has 4 N–H and O–H groups in total. The number of amides is 1. The van der Waals surface area contributed by atoms with Crippen LogP contribution >= 0.6 is 0 Å². The summed E-state index contributed by atoms with van der Waals surface area (Å²) in [6, 6.07) is 6.77. The molecule has 8 heteroatoms. The lowest BCUT2D eigenvalue weighted by molar-refractivity contribution is 0.0748. The van der Waals surface area contributed by atoms with E-state index in [-0.39, 0.29) is 11.5 Å². The molecule has 0 aliphatic heterocycles. The molecule has 3 aromatic rings. The number of carbonyl (C=O) groups excluding carboxylic acids is 1. The number of nitrogen functional groups attached to an aromatic ring is 1. The van der Waals surface area contributed by atoms with Gasteiger partial charge in [-0.3, -0.25) is 4.79 Å². The summed E-state index contributed by atoms with van der Waals surface area (Å²) in [6.07, 6.45) is 7.30.